The van der Waals surface area contributed by atoms with E-state index in [1.807, 2.05) is 30.3 Å². The van der Waals surface area contributed by atoms with Gasteiger partial charge in [-0.25, -0.2) is 9.97 Å². The fourth-order valence-corrected chi connectivity index (χ4v) is 1.73. The molecule has 2 N–H and O–H groups in total. The van der Waals surface area contributed by atoms with E-state index in [4.69, 9.17) is 8.83 Å². The maximum atomic E-state index is 5.25. The second-order valence-corrected chi connectivity index (χ2v) is 4.15. The molecule has 102 valence electrons. The van der Waals surface area contributed by atoms with Crippen LogP contribution >= 0.6 is 0 Å². The molecule has 0 saturated carbocycles. The van der Waals surface area contributed by atoms with E-state index < -0.39 is 0 Å². The molecular formula is C14H14N4O2. The van der Waals surface area contributed by atoms with Crippen molar-refractivity contribution < 1.29 is 8.83 Å². The van der Waals surface area contributed by atoms with Crippen molar-refractivity contribution in [3.63, 3.8) is 0 Å². The number of aromatic nitrogens is 2. The molecule has 0 aliphatic carbocycles. The Labute approximate surface area is 115 Å². The lowest BCUT2D eigenvalue weighted by molar-refractivity contribution is 0.517. The number of furan rings is 2. The van der Waals surface area contributed by atoms with Crippen molar-refractivity contribution in [1.29, 1.82) is 0 Å². The Hall–Kier alpha value is -2.76. The van der Waals surface area contributed by atoms with Crippen LogP contribution in [0.4, 0.5) is 11.6 Å². The minimum absolute atomic E-state index is 0.585. The van der Waals surface area contributed by atoms with Gasteiger partial charge < -0.3 is 19.5 Å². The summed E-state index contributed by atoms with van der Waals surface area (Å²) < 4.78 is 10.5. The summed E-state index contributed by atoms with van der Waals surface area (Å²) in [5.41, 5.74) is 0. The Morgan fingerprint density at radius 2 is 1.40 bits per heavy atom. The third-order valence-corrected chi connectivity index (χ3v) is 2.71. The summed E-state index contributed by atoms with van der Waals surface area (Å²) in [4.78, 5) is 8.31. The van der Waals surface area contributed by atoms with Crippen molar-refractivity contribution in [1.82, 2.24) is 9.97 Å². The van der Waals surface area contributed by atoms with Gasteiger partial charge >= 0.3 is 0 Å². The number of anilines is 2. The number of rotatable bonds is 6. The van der Waals surface area contributed by atoms with Crippen LogP contribution in [0.2, 0.25) is 0 Å². The van der Waals surface area contributed by atoms with Crippen LogP contribution in [0.1, 0.15) is 11.5 Å². The van der Waals surface area contributed by atoms with Crippen LogP contribution < -0.4 is 10.6 Å². The summed E-state index contributed by atoms with van der Waals surface area (Å²) in [6.07, 6.45) is 4.80. The van der Waals surface area contributed by atoms with E-state index in [0.29, 0.717) is 13.1 Å². The maximum Gasteiger partial charge on any atom is 0.131 e. The molecular weight excluding hydrogens is 256 g/mol. The summed E-state index contributed by atoms with van der Waals surface area (Å²) >= 11 is 0. The maximum absolute atomic E-state index is 5.25. The average Bonchev–Trinajstić information content (AvgIpc) is 3.17. The molecule has 20 heavy (non-hydrogen) atoms. The van der Waals surface area contributed by atoms with E-state index >= 15 is 0 Å². The van der Waals surface area contributed by atoms with Crippen molar-refractivity contribution in [2.75, 3.05) is 10.6 Å². The molecule has 0 bridgehead atoms. The number of hydrogen-bond donors (Lipinski definition) is 2. The van der Waals surface area contributed by atoms with Crippen molar-refractivity contribution in [3.05, 3.63) is 60.7 Å². The van der Waals surface area contributed by atoms with Crippen molar-refractivity contribution >= 4 is 11.6 Å². The SMILES string of the molecule is c1coc(CNc2cc(NCc3ccco3)ncn2)c1. The third kappa shape index (κ3) is 3.17. The lowest BCUT2D eigenvalue weighted by atomic mass is 10.4. The van der Waals surface area contributed by atoms with E-state index in [9.17, 15) is 0 Å². The molecule has 0 spiro atoms. The number of hydrogen-bond acceptors (Lipinski definition) is 6. The lowest BCUT2D eigenvalue weighted by Crippen LogP contribution is -2.04. The first-order valence-corrected chi connectivity index (χ1v) is 6.25. The highest BCUT2D eigenvalue weighted by atomic mass is 16.3. The number of nitrogens with zero attached hydrogens (tertiary/aromatic N) is 2. The zero-order valence-electron chi connectivity index (χ0n) is 10.7. The number of nitrogens with one attached hydrogen (secondary N) is 2. The Bertz CT molecular complexity index is 582. The van der Waals surface area contributed by atoms with Gasteiger partial charge in [-0.05, 0) is 24.3 Å². The van der Waals surface area contributed by atoms with Crippen LogP contribution in [0.3, 0.4) is 0 Å². The summed E-state index contributed by atoms with van der Waals surface area (Å²) in [5, 5.41) is 6.34. The summed E-state index contributed by atoms with van der Waals surface area (Å²) in [6, 6.07) is 9.36. The molecule has 6 heteroatoms. The average molecular weight is 270 g/mol. The topological polar surface area (TPSA) is 76.1 Å². The van der Waals surface area contributed by atoms with Gasteiger partial charge in [0.05, 0.1) is 25.6 Å². The highest BCUT2D eigenvalue weighted by Crippen LogP contribution is 2.12. The Morgan fingerprint density at radius 1 is 0.850 bits per heavy atom. The fraction of sp³-hybridized carbons (Fsp3) is 0.143. The zero-order chi connectivity index (χ0) is 13.6. The highest BCUT2D eigenvalue weighted by molar-refractivity contribution is 5.46. The minimum Gasteiger partial charge on any atom is -0.467 e. The van der Waals surface area contributed by atoms with Crippen LogP contribution in [0, 0.1) is 0 Å². The predicted octanol–water partition coefficient (Wildman–Crippen LogP) is 2.89. The zero-order valence-corrected chi connectivity index (χ0v) is 10.7. The standard InChI is InChI=1S/C14H14N4O2/c1-3-11(19-5-1)8-15-13-7-14(18-10-17-13)16-9-12-4-2-6-20-12/h1-7,10H,8-9H2,(H2,15,16,17,18). The van der Waals surface area contributed by atoms with Gasteiger partial charge in [0.15, 0.2) is 0 Å². The van der Waals surface area contributed by atoms with E-state index in [0.717, 1.165) is 23.2 Å². The van der Waals surface area contributed by atoms with Gasteiger partial charge in [-0.15, -0.1) is 0 Å². The van der Waals surface area contributed by atoms with E-state index in [2.05, 4.69) is 20.6 Å². The van der Waals surface area contributed by atoms with Crippen LogP contribution in [-0.4, -0.2) is 9.97 Å². The van der Waals surface area contributed by atoms with Crippen molar-refractivity contribution in [2.45, 2.75) is 13.1 Å². The first kappa shape index (κ1) is 12.3. The smallest absolute Gasteiger partial charge is 0.131 e. The lowest BCUT2D eigenvalue weighted by Gasteiger charge is -2.06. The molecule has 0 unspecified atom stereocenters. The van der Waals surface area contributed by atoms with E-state index in [1.54, 1.807) is 12.5 Å². The van der Waals surface area contributed by atoms with Gasteiger partial charge in [-0.2, -0.15) is 0 Å². The molecule has 0 amide bonds. The first-order valence-electron chi connectivity index (χ1n) is 6.25. The first-order chi connectivity index (χ1) is 9.90. The molecule has 3 aromatic rings. The summed E-state index contributed by atoms with van der Waals surface area (Å²) in [5.74, 6) is 3.18. The molecule has 0 atom stereocenters. The van der Waals surface area contributed by atoms with Crippen molar-refractivity contribution in [3.8, 4) is 0 Å². The van der Waals surface area contributed by atoms with Gasteiger partial charge in [0.2, 0.25) is 0 Å². The van der Waals surface area contributed by atoms with Gasteiger partial charge in [-0.1, -0.05) is 0 Å². The fourth-order valence-electron chi connectivity index (χ4n) is 1.73. The second-order valence-electron chi connectivity index (χ2n) is 4.15. The molecule has 3 aromatic heterocycles. The highest BCUT2D eigenvalue weighted by Gasteiger charge is 2.01. The third-order valence-electron chi connectivity index (χ3n) is 2.71. The van der Waals surface area contributed by atoms with E-state index in [-0.39, 0.29) is 0 Å². The van der Waals surface area contributed by atoms with E-state index in [1.165, 1.54) is 6.33 Å². The van der Waals surface area contributed by atoms with Crippen LogP contribution in [0.15, 0.2) is 58.0 Å². The second kappa shape index (κ2) is 5.92. The van der Waals surface area contributed by atoms with Crippen LogP contribution in [-0.2, 0) is 13.1 Å². The molecule has 6 nitrogen and oxygen atoms in total. The quantitative estimate of drug-likeness (QED) is 0.717. The summed E-state index contributed by atoms with van der Waals surface area (Å²) in [7, 11) is 0. The molecule has 0 radical (unpaired) electrons. The molecule has 0 aliphatic heterocycles. The monoisotopic (exact) mass is 270 g/mol. The molecule has 0 aromatic carbocycles. The van der Waals surface area contributed by atoms with Gasteiger partial charge in [0.1, 0.15) is 29.5 Å². The van der Waals surface area contributed by atoms with Gasteiger partial charge in [0, 0.05) is 6.07 Å². The molecule has 3 rings (SSSR count). The van der Waals surface area contributed by atoms with Gasteiger partial charge in [0.25, 0.3) is 0 Å². The van der Waals surface area contributed by atoms with Gasteiger partial charge in [-0.3, -0.25) is 0 Å². The van der Waals surface area contributed by atoms with Crippen LogP contribution in [0.25, 0.3) is 0 Å². The normalized spacial score (nSPS) is 10.4. The Balaban J connectivity index is 1.57. The Morgan fingerprint density at radius 3 is 1.85 bits per heavy atom. The molecule has 0 aliphatic rings. The summed E-state index contributed by atoms with van der Waals surface area (Å²) in [6.45, 7) is 1.17. The predicted molar refractivity (Wildman–Crippen MR) is 74.1 cm³/mol. The minimum atomic E-state index is 0.585. The molecule has 0 saturated heterocycles. The molecule has 3 heterocycles. The largest absolute Gasteiger partial charge is 0.467 e. The Kier molecular flexibility index (Phi) is 3.64. The van der Waals surface area contributed by atoms with Crippen LogP contribution in [0.5, 0.6) is 0 Å². The van der Waals surface area contributed by atoms with Crippen molar-refractivity contribution in [2.24, 2.45) is 0 Å². The molecule has 0 fully saturated rings.